The van der Waals surface area contributed by atoms with E-state index in [1.165, 1.54) is 19.2 Å². The molecular weight excluding hydrogens is 162 g/mol. The lowest BCUT2D eigenvalue weighted by molar-refractivity contribution is -0.149. The van der Waals surface area contributed by atoms with Gasteiger partial charge in [0.1, 0.15) is 0 Å². The zero-order valence-corrected chi connectivity index (χ0v) is 7.17. The summed E-state index contributed by atoms with van der Waals surface area (Å²) in [6.07, 6.45) is 0. The molecular formula is C6H11N3O3. The third kappa shape index (κ3) is 0.961. The van der Waals surface area contributed by atoms with E-state index in [1.807, 2.05) is 0 Å². The second kappa shape index (κ2) is 2.72. The van der Waals surface area contributed by atoms with Crippen molar-refractivity contribution in [3.63, 3.8) is 0 Å². The van der Waals surface area contributed by atoms with E-state index >= 15 is 0 Å². The molecule has 12 heavy (non-hydrogen) atoms. The first kappa shape index (κ1) is 8.95. The average Bonchev–Trinajstić information content (AvgIpc) is 2.76. The standard InChI is InChI=1S/C6H11N3O3/c1-7-4(10)6(5(11)12-3)8-9(6)2/h8H,1-3H3,(H,7,10). The highest BCUT2D eigenvalue weighted by Crippen LogP contribution is 2.23. The summed E-state index contributed by atoms with van der Waals surface area (Å²) in [5.74, 6) is -1.03. The Labute approximate surface area is 69.8 Å². The minimum absolute atomic E-state index is 0.420. The maximum Gasteiger partial charge on any atom is 0.354 e. The van der Waals surface area contributed by atoms with Crippen molar-refractivity contribution < 1.29 is 14.3 Å². The molecule has 2 atom stereocenters. The van der Waals surface area contributed by atoms with Crippen LogP contribution in [0.2, 0.25) is 0 Å². The molecule has 2 N–H and O–H groups in total. The largest absolute Gasteiger partial charge is 0.466 e. The van der Waals surface area contributed by atoms with Crippen molar-refractivity contribution in [2.75, 3.05) is 21.2 Å². The maximum atomic E-state index is 11.2. The first-order valence-electron chi connectivity index (χ1n) is 3.42. The van der Waals surface area contributed by atoms with E-state index in [1.54, 1.807) is 7.05 Å². The van der Waals surface area contributed by atoms with E-state index in [2.05, 4.69) is 15.5 Å². The number of esters is 1. The number of hydrogen-bond acceptors (Lipinski definition) is 5. The molecule has 68 valence electrons. The molecule has 0 radical (unpaired) electrons. The van der Waals surface area contributed by atoms with Crippen molar-refractivity contribution in [3.05, 3.63) is 0 Å². The molecule has 1 rings (SSSR count). The van der Waals surface area contributed by atoms with Gasteiger partial charge < -0.3 is 10.1 Å². The van der Waals surface area contributed by atoms with E-state index in [-0.39, 0.29) is 0 Å². The molecule has 0 aromatic heterocycles. The molecule has 1 heterocycles. The van der Waals surface area contributed by atoms with E-state index in [4.69, 9.17) is 0 Å². The van der Waals surface area contributed by atoms with Crippen LogP contribution in [-0.2, 0) is 14.3 Å². The summed E-state index contributed by atoms with van der Waals surface area (Å²) < 4.78 is 4.47. The Bertz CT molecular complexity index is 212. The zero-order chi connectivity index (χ0) is 9.35. The van der Waals surface area contributed by atoms with E-state index in [0.717, 1.165) is 0 Å². The second-order valence-corrected chi connectivity index (χ2v) is 2.45. The van der Waals surface area contributed by atoms with Gasteiger partial charge in [0.2, 0.25) is 0 Å². The predicted molar refractivity (Wildman–Crippen MR) is 39.7 cm³/mol. The van der Waals surface area contributed by atoms with Gasteiger partial charge in [-0.15, -0.1) is 0 Å². The predicted octanol–water partition coefficient (Wildman–Crippen LogP) is -1.95. The summed E-state index contributed by atoms with van der Waals surface area (Å²) in [6, 6.07) is 0. The van der Waals surface area contributed by atoms with Crippen LogP contribution in [0.15, 0.2) is 0 Å². The van der Waals surface area contributed by atoms with Crippen LogP contribution in [0.4, 0.5) is 0 Å². The summed E-state index contributed by atoms with van der Waals surface area (Å²) >= 11 is 0. The quantitative estimate of drug-likeness (QED) is 0.288. The highest BCUT2D eigenvalue weighted by molar-refractivity contribution is 6.09. The molecule has 0 bridgehead atoms. The van der Waals surface area contributed by atoms with Crippen LogP contribution >= 0.6 is 0 Å². The van der Waals surface area contributed by atoms with E-state index in [0.29, 0.717) is 0 Å². The van der Waals surface area contributed by atoms with Crippen molar-refractivity contribution in [1.29, 1.82) is 0 Å². The molecule has 0 aromatic rings. The molecule has 1 amide bonds. The molecule has 1 aliphatic rings. The Kier molecular flexibility index (Phi) is 2.03. The first-order chi connectivity index (χ1) is 5.59. The highest BCUT2D eigenvalue weighted by atomic mass is 16.5. The Morgan fingerprint density at radius 3 is 2.33 bits per heavy atom. The molecule has 1 aliphatic heterocycles. The normalized spacial score (nSPS) is 32.4. The van der Waals surface area contributed by atoms with E-state index in [9.17, 15) is 9.59 Å². The number of hydrazine groups is 1. The van der Waals surface area contributed by atoms with Crippen molar-refractivity contribution in [2.24, 2.45) is 0 Å². The Morgan fingerprint density at radius 1 is 1.58 bits per heavy atom. The van der Waals surface area contributed by atoms with Gasteiger partial charge in [-0.1, -0.05) is 0 Å². The van der Waals surface area contributed by atoms with Gasteiger partial charge >= 0.3 is 5.97 Å². The van der Waals surface area contributed by atoms with Gasteiger partial charge in [0.05, 0.1) is 7.11 Å². The molecule has 6 nitrogen and oxygen atoms in total. The van der Waals surface area contributed by atoms with Crippen molar-refractivity contribution >= 4 is 11.9 Å². The summed E-state index contributed by atoms with van der Waals surface area (Å²) in [4.78, 5) is 22.3. The fraction of sp³-hybridized carbons (Fsp3) is 0.667. The fourth-order valence-corrected chi connectivity index (χ4v) is 1.02. The number of carbonyl (C=O) groups is 2. The van der Waals surface area contributed by atoms with Gasteiger partial charge in [-0.2, -0.15) is 0 Å². The van der Waals surface area contributed by atoms with Gasteiger partial charge in [0.15, 0.2) is 0 Å². The van der Waals surface area contributed by atoms with E-state index < -0.39 is 17.5 Å². The number of carbonyl (C=O) groups excluding carboxylic acids is 2. The SMILES string of the molecule is CNC(=O)C1(C(=O)OC)NN1C. The number of likely N-dealkylation sites (N-methyl/N-ethyl adjacent to an activating group) is 2. The number of nitrogens with one attached hydrogen (secondary N) is 2. The number of methoxy groups -OCH3 is 1. The lowest BCUT2D eigenvalue weighted by atomic mass is 10.2. The maximum absolute atomic E-state index is 11.2. The van der Waals surface area contributed by atoms with Crippen LogP contribution in [0.5, 0.6) is 0 Å². The van der Waals surface area contributed by atoms with Crippen LogP contribution in [-0.4, -0.2) is 43.8 Å². The van der Waals surface area contributed by atoms with Crippen LogP contribution in [0.25, 0.3) is 0 Å². The van der Waals surface area contributed by atoms with Crippen LogP contribution < -0.4 is 10.7 Å². The van der Waals surface area contributed by atoms with Crippen molar-refractivity contribution in [2.45, 2.75) is 5.66 Å². The number of amides is 1. The third-order valence-corrected chi connectivity index (χ3v) is 1.82. The summed E-state index contributed by atoms with van der Waals surface area (Å²) in [6.45, 7) is 0. The number of hydrogen-bond donors (Lipinski definition) is 2. The summed E-state index contributed by atoms with van der Waals surface area (Å²) in [5.41, 5.74) is 1.29. The third-order valence-electron chi connectivity index (χ3n) is 1.82. The minimum Gasteiger partial charge on any atom is -0.466 e. The smallest absolute Gasteiger partial charge is 0.354 e. The van der Waals surface area contributed by atoms with Gasteiger partial charge in [-0.3, -0.25) is 4.79 Å². The lowest BCUT2D eigenvalue weighted by Gasteiger charge is -2.08. The monoisotopic (exact) mass is 173 g/mol. The van der Waals surface area contributed by atoms with Crippen molar-refractivity contribution in [3.8, 4) is 0 Å². The van der Waals surface area contributed by atoms with Crippen LogP contribution in [0.1, 0.15) is 0 Å². The molecule has 0 aromatic carbocycles. The highest BCUT2D eigenvalue weighted by Gasteiger charge is 2.63. The molecule has 0 saturated carbocycles. The van der Waals surface area contributed by atoms with Gasteiger partial charge in [-0.25, -0.2) is 15.2 Å². The Hall–Kier alpha value is -1.14. The molecule has 1 saturated heterocycles. The number of ether oxygens (including phenoxy) is 1. The van der Waals surface area contributed by atoms with Gasteiger partial charge in [-0.05, 0) is 0 Å². The van der Waals surface area contributed by atoms with Crippen LogP contribution in [0, 0.1) is 0 Å². The fourth-order valence-electron chi connectivity index (χ4n) is 1.02. The summed E-state index contributed by atoms with van der Waals surface area (Å²) in [7, 11) is 4.29. The number of rotatable bonds is 2. The summed E-state index contributed by atoms with van der Waals surface area (Å²) in [5, 5.41) is 3.76. The molecule has 2 unspecified atom stereocenters. The second-order valence-electron chi connectivity index (χ2n) is 2.45. The molecule has 1 fully saturated rings. The average molecular weight is 173 g/mol. The minimum atomic E-state index is -1.30. The Balaban J connectivity index is 2.79. The molecule has 0 spiro atoms. The van der Waals surface area contributed by atoms with Gasteiger partial charge in [0.25, 0.3) is 11.6 Å². The van der Waals surface area contributed by atoms with Crippen molar-refractivity contribution in [1.82, 2.24) is 15.8 Å². The number of nitrogens with zero attached hydrogens (tertiary/aromatic N) is 1. The first-order valence-corrected chi connectivity index (χ1v) is 3.42. The topological polar surface area (TPSA) is 80.4 Å². The Morgan fingerprint density at radius 2 is 2.08 bits per heavy atom. The molecule has 6 heteroatoms. The van der Waals surface area contributed by atoms with Gasteiger partial charge in [0, 0.05) is 14.1 Å². The zero-order valence-electron chi connectivity index (χ0n) is 7.17. The molecule has 0 aliphatic carbocycles. The lowest BCUT2D eigenvalue weighted by Crippen LogP contribution is -2.46. The van der Waals surface area contributed by atoms with Crippen LogP contribution in [0.3, 0.4) is 0 Å².